The van der Waals surface area contributed by atoms with E-state index >= 15 is 0 Å². The molecule has 0 radical (unpaired) electrons. The highest BCUT2D eigenvalue weighted by atomic mass is 32.1. The summed E-state index contributed by atoms with van der Waals surface area (Å²) >= 11 is 1.61. The molecule has 1 amide bonds. The maximum atomic E-state index is 13.0. The lowest BCUT2D eigenvalue weighted by Crippen LogP contribution is -2.52. The number of benzene rings is 1. The second-order valence-electron chi connectivity index (χ2n) is 7.09. The molecular weight excluding hydrogens is 327 g/mol. The van der Waals surface area contributed by atoms with Crippen molar-refractivity contribution < 1.29 is 13.9 Å². The molecule has 1 aliphatic rings. The van der Waals surface area contributed by atoms with Gasteiger partial charge in [-0.1, -0.05) is 0 Å². The Morgan fingerprint density at radius 1 is 1.33 bits per heavy atom. The van der Waals surface area contributed by atoms with Crippen molar-refractivity contribution in [2.24, 2.45) is 5.92 Å². The summed E-state index contributed by atoms with van der Waals surface area (Å²) in [5.41, 5.74) is 1.34. The average Bonchev–Trinajstić information content (AvgIpc) is 2.89. The highest BCUT2D eigenvalue weighted by molar-refractivity contribution is 7.09. The minimum Gasteiger partial charge on any atom is -0.444 e. The van der Waals surface area contributed by atoms with Crippen molar-refractivity contribution in [1.82, 2.24) is 9.88 Å². The smallest absolute Gasteiger partial charge is 0.410 e. The fourth-order valence-corrected chi connectivity index (χ4v) is 3.50. The molecule has 3 rings (SSSR count). The van der Waals surface area contributed by atoms with E-state index in [4.69, 9.17) is 4.74 Å². The molecule has 4 nitrogen and oxygen atoms in total. The molecule has 24 heavy (non-hydrogen) atoms. The Morgan fingerprint density at radius 3 is 2.62 bits per heavy atom. The predicted molar refractivity (Wildman–Crippen MR) is 92.5 cm³/mol. The highest BCUT2D eigenvalue weighted by Gasteiger charge is 2.34. The van der Waals surface area contributed by atoms with Crippen molar-refractivity contribution in [3.05, 3.63) is 40.5 Å². The molecule has 0 N–H and O–H groups in total. The number of carbonyl (C=O) groups excluding carboxylic acids is 1. The number of carbonyl (C=O) groups is 1. The van der Waals surface area contributed by atoms with Gasteiger partial charge >= 0.3 is 6.09 Å². The first kappa shape index (κ1) is 16.9. The van der Waals surface area contributed by atoms with Crippen LogP contribution >= 0.6 is 11.3 Å². The Labute approximate surface area is 145 Å². The zero-order valence-corrected chi connectivity index (χ0v) is 14.9. The van der Waals surface area contributed by atoms with E-state index in [1.54, 1.807) is 28.4 Å². The van der Waals surface area contributed by atoms with Crippen LogP contribution in [0.2, 0.25) is 0 Å². The second kappa shape index (κ2) is 6.51. The van der Waals surface area contributed by atoms with Crippen molar-refractivity contribution in [3.8, 4) is 11.3 Å². The van der Waals surface area contributed by atoms with E-state index in [1.807, 2.05) is 26.2 Å². The first-order valence-electron chi connectivity index (χ1n) is 7.98. The molecule has 2 aromatic rings. The topological polar surface area (TPSA) is 42.4 Å². The third-order valence-corrected chi connectivity index (χ3v) is 4.64. The summed E-state index contributed by atoms with van der Waals surface area (Å²) < 4.78 is 18.3. The molecule has 0 saturated carbocycles. The van der Waals surface area contributed by atoms with E-state index in [0.29, 0.717) is 19.0 Å². The number of nitrogens with zero attached hydrogens (tertiary/aromatic N) is 2. The van der Waals surface area contributed by atoms with Gasteiger partial charge in [-0.3, -0.25) is 0 Å². The number of amides is 1. The largest absolute Gasteiger partial charge is 0.444 e. The normalized spacial score (nSPS) is 15.2. The summed E-state index contributed by atoms with van der Waals surface area (Å²) in [7, 11) is 0. The molecule has 1 saturated heterocycles. The Hall–Kier alpha value is -1.95. The molecule has 1 aromatic carbocycles. The minimum atomic E-state index is -0.457. The molecule has 1 fully saturated rings. The Bertz CT molecular complexity index is 715. The Balaban J connectivity index is 1.52. The summed E-state index contributed by atoms with van der Waals surface area (Å²) in [4.78, 5) is 18.3. The number of rotatable bonds is 3. The Kier molecular flexibility index (Phi) is 4.58. The van der Waals surface area contributed by atoms with Gasteiger partial charge in [0.05, 0.1) is 10.7 Å². The van der Waals surface area contributed by atoms with Gasteiger partial charge in [0.2, 0.25) is 0 Å². The number of ether oxygens (including phenoxy) is 1. The third kappa shape index (κ3) is 4.12. The summed E-state index contributed by atoms with van der Waals surface area (Å²) in [6, 6.07) is 6.36. The van der Waals surface area contributed by atoms with Crippen molar-refractivity contribution in [2.75, 3.05) is 13.1 Å². The van der Waals surface area contributed by atoms with Crippen LogP contribution in [0.1, 0.15) is 25.8 Å². The van der Waals surface area contributed by atoms with Gasteiger partial charge in [0.25, 0.3) is 0 Å². The van der Waals surface area contributed by atoms with E-state index < -0.39 is 5.60 Å². The van der Waals surface area contributed by atoms with E-state index in [2.05, 4.69) is 4.98 Å². The number of hydrogen-bond acceptors (Lipinski definition) is 4. The van der Waals surface area contributed by atoms with Gasteiger partial charge in [0, 0.05) is 36.4 Å². The molecule has 128 valence electrons. The molecule has 0 aliphatic carbocycles. The third-order valence-electron chi connectivity index (χ3n) is 3.76. The average molecular weight is 348 g/mol. The second-order valence-corrected chi connectivity index (χ2v) is 8.03. The van der Waals surface area contributed by atoms with Crippen LogP contribution in [0.25, 0.3) is 11.3 Å². The zero-order valence-electron chi connectivity index (χ0n) is 14.1. The minimum absolute atomic E-state index is 0.245. The maximum Gasteiger partial charge on any atom is 0.410 e. The molecule has 0 unspecified atom stereocenters. The summed E-state index contributed by atoms with van der Waals surface area (Å²) in [5.74, 6) is 0.177. The van der Waals surface area contributed by atoms with Gasteiger partial charge < -0.3 is 9.64 Å². The molecule has 0 bridgehead atoms. The van der Waals surface area contributed by atoms with Crippen LogP contribution < -0.4 is 0 Å². The van der Waals surface area contributed by atoms with Gasteiger partial charge in [-0.25, -0.2) is 14.2 Å². The number of aromatic nitrogens is 1. The molecule has 1 aliphatic heterocycles. The van der Waals surface area contributed by atoms with Gasteiger partial charge in [-0.2, -0.15) is 0 Å². The fraction of sp³-hybridized carbons (Fsp3) is 0.444. The van der Waals surface area contributed by atoms with E-state index in [-0.39, 0.29) is 11.9 Å². The van der Waals surface area contributed by atoms with E-state index in [1.165, 1.54) is 12.1 Å². The maximum absolute atomic E-state index is 13.0. The lowest BCUT2D eigenvalue weighted by molar-refractivity contribution is -0.000883. The van der Waals surface area contributed by atoms with Crippen molar-refractivity contribution in [2.45, 2.75) is 32.8 Å². The van der Waals surface area contributed by atoms with Gasteiger partial charge in [0.1, 0.15) is 11.4 Å². The monoisotopic (exact) mass is 348 g/mol. The van der Waals surface area contributed by atoms with Crippen LogP contribution in [0, 0.1) is 11.7 Å². The van der Waals surface area contributed by atoms with Crippen LogP contribution in [-0.2, 0) is 11.2 Å². The molecule has 6 heteroatoms. The summed E-state index contributed by atoms with van der Waals surface area (Å²) in [6.07, 6.45) is 0.607. The summed E-state index contributed by atoms with van der Waals surface area (Å²) in [5, 5.41) is 3.04. The van der Waals surface area contributed by atoms with Crippen LogP contribution in [0.4, 0.5) is 9.18 Å². The van der Waals surface area contributed by atoms with Crippen molar-refractivity contribution in [3.63, 3.8) is 0 Å². The molecular formula is C18H21FN2O2S. The number of hydrogen-bond donors (Lipinski definition) is 0. The fourth-order valence-electron chi connectivity index (χ4n) is 2.58. The molecule has 0 spiro atoms. The SMILES string of the molecule is CC(C)(C)OC(=O)N1CC(Cc2nc(-c3ccc(F)cc3)cs2)C1. The van der Waals surface area contributed by atoms with E-state index in [9.17, 15) is 9.18 Å². The first-order valence-corrected chi connectivity index (χ1v) is 8.86. The Morgan fingerprint density at radius 2 is 2.00 bits per heavy atom. The van der Waals surface area contributed by atoms with Gasteiger partial charge in [-0.15, -0.1) is 11.3 Å². The van der Waals surface area contributed by atoms with Crippen molar-refractivity contribution in [1.29, 1.82) is 0 Å². The first-order chi connectivity index (χ1) is 11.3. The standard InChI is InChI=1S/C18H21FN2O2S/c1-18(2,3)23-17(22)21-9-12(10-21)8-16-20-15(11-24-16)13-4-6-14(19)7-5-13/h4-7,11-12H,8-10H2,1-3H3. The lowest BCUT2D eigenvalue weighted by atomic mass is 9.97. The van der Waals surface area contributed by atoms with Crippen molar-refractivity contribution >= 4 is 17.4 Å². The summed E-state index contributed by atoms with van der Waals surface area (Å²) in [6.45, 7) is 7.03. The number of likely N-dealkylation sites (tertiary alicyclic amines) is 1. The quantitative estimate of drug-likeness (QED) is 0.828. The van der Waals surface area contributed by atoms with Crippen LogP contribution in [0.3, 0.4) is 0 Å². The van der Waals surface area contributed by atoms with Gasteiger partial charge in [0.15, 0.2) is 0 Å². The number of halogens is 1. The van der Waals surface area contributed by atoms with Crippen LogP contribution in [-0.4, -0.2) is 34.7 Å². The zero-order chi connectivity index (χ0) is 17.3. The van der Waals surface area contributed by atoms with E-state index in [0.717, 1.165) is 22.7 Å². The number of thiazole rings is 1. The van der Waals surface area contributed by atoms with Gasteiger partial charge in [-0.05, 0) is 45.0 Å². The highest BCUT2D eigenvalue weighted by Crippen LogP contribution is 2.27. The molecule has 2 heterocycles. The molecule has 0 atom stereocenters. The molecule has 1 aromatic heterocycles. The predicted octanol–water partition coefficient (Wildman–Crippen LogP) is 4.36. The van der Waals surface area contributed by atoms with Crippen LogP contribution in [0.15, 0.2) is 29.6 Å². The lowest BCUT2D eigenvalue weighted by Gasteiger charge is -2.39. The van der Waals surface area contributed by atoms with Crippen LogP contribution in [0.5, 0.6) is 0 Å².